The number of sulfonamides is 1. The Morgan fingerprint density at radius 3 is 2.48 bits per heavy atom. The smallest absolute Gasteiger partial charge is 0.237 e. The molecule has 0 spiro atoms. The standard InChI is InChI=1S/C45H47Cl2N5O7S/c1-24-29(31-7-4-8-33-32(31)12-14-39(33)58-45-36(46)19-26(43(49-45)57-2)21-51-17-16-27(53)23-51)5-3-6-30(24)44-48-37-20-35-34(40(47)41(37)59-44)11-13-38(35)52-18-15-25(22-52)42(54)50-60(55,56)28-9-10-28/h3-8,19-20,25,27-28,38-39,53H,9-18,21-23H2,1-2H3,(H,50,54)/t25-,27-,38-,39+/m1/s1. The van der Waals surface area contributed by atoms with Crippen LogP contribution in [0.4, 0.5) is 0 Å². The molecule has 60 heavy (non-hydrogen) atoms. The van der Waals surface area contributed by atoms with E-state index in [4.69, 9.17) is 47.1 Å². The number of hydrogen-bond donors (Lipinski definition) is 2. The van der Waals surface area contributed by atoms with Gasteiger partial charge in [-0.2, -0.15) is 4.98 Å². The van der Waals surface area contributed by atoms with Crippen molar-refractivity contribution in [1.29, 1.82) is 0 Å². The number of aliphatic hydroxyl groups excluding tert-OH is 1. The number of hydrogen-bond acceptors (Lipinski definition) is 11. The van der Waals surface area contributed by atoms with Gasteiger partial charge in [0.25, 0.3) is 0 Å². The lowest BCUT2D eigenvalue weighted by Gasteiger charge is -2.25. The topological polar surface area (TPSA) is 147 Å². The largest absolute Gasteiger partial charge is 0.481 e. The summed E-state index contributed by atoms with van der Waals surface area (Å²) in [5, 5.41) is 10.6. The molecule has 1 saturated carbocycles. The predicted octanol–water partition coefficient (Wildman–Crippen LogP) is 7.73. The number of aliphatic hydroxyl groups is 1. The first-order valence-corrected chi connectivity index (χ1v) is 23.2. The molecule has 5 aliphatic rings. The molecular weight excluding hydrogens is 825 g/mol. The number of aromatic nitrogens is 2. The van der Waals surface area contributed by atoms with Gasteiger partial charge in [0.1, 0.15) is 16.6 Å². The van der Waals surface area contributed by atoms with Crippen LogP contribution in [-0.2, 0) is 34.2 Å². The minimum absolute atomic E-state index is 0.0572. The van der Waals surface area contributed by atoms with Crippen LogP contribution < -0.4 is 14.2 Å². The van der Waals surface area contributed by atoms with Crippen LogP contribution >= 0.6 is 23.2 Å². The molecule has 10 rings (SSSR count). The van der Waals surface area contributed by atoms with E-state index in [-0.39, 0.29) is 24.2 Å². The third-order valence-electron chi connectivity index (χ3n) is 13.2. The number of carbonyl (C=O) groups excluding carboxylic acids is 1. The summed E-state index contributed by atoms with van der Waals surface area (Å²) in [7, 11) is -1.99. The number of benzene rings is 3. The van der Waals surface area contributed by atoms with E-state index >= 15 is 0 Å². The molecule has 2 aliphatic heterocycles. The number of rotatable bonds is 11. The quantitative estimate of drug-likeness (QED) is 0.134. The zero-order valence-corrected chi connectivity index (χ0v) is 35.9. The maximum absolute atomic E-state index is 13.0. The van der Waals surface area contributed by atoms with Gasteiger partial charge < -0.3 is 19.0 Å². The van der Waals surface area contributed by atoms with E-state index in [1.165, 1.54) is 5.56 Å². The summed E-state index contributed by atoms with van der Waals surface area (Å²) >= 11 is 13.9. The van der Waals surface area contributed by atoms with E-state index in [0.717, 1.165) is 83.2 Å². The fourth-order valence-electron chi connectivity index (χ4n) is 9.89. The number of halogens is 2. The number of fused-ring (bicyclic) bond motifs is 3. The number of nitrogens with one attached hydrogen (secondary N) is 1. The van der Waals surface area contributed by atoms with Gasteiger partial charge in [0.05, 0.1) is 29.4 Å². The molecule has 12 nitrogen and oxygen atoms in total. The molecule has 1 amide bonds. The molecule has 15 heteroatoms. The predicted molar refractivity (Wildman–Crippen MR) is 229 cm³/mol. The maximum atomic E-state index is 13.0. The molecule has 0 radical (unpaired) electrons. The Bertz CT molecular complexity index is 2650. The lowest BCUT2D eigenvalue weighted by molar-refractivity contribution is -0.122. The molecule has 3 aromatic carbocycles. The molecule has 4 atom stereocenters. The lowest BCUT2D eigenvalue weighted by atomic mass is 9.91. The molecule has 2 saturated heterocycles. The normalized spacial score (nSPS) is 23.0. The van der Waals surface area contributed by atoms with Crippen LogP contribution in [0, 0.1) is 12.8 Å². The van der Waals surface area contributed by atoms with Crippen molar-refractivity contribution in [3.05, 3.63) is 92.0 Å². The average Bonchev–Trinajstić information content (AvgIpc) is 3.65. The second kappa shape index (κ2) is 15.6. The number of β-amino-alcohol motifs (C(OH)–C–C–N with tert-alkyl or cyclic N) is 1. The summed E-state index contributed by atoms with van der Waals surface area (Å²) in [6, 6.07) is 16.5. The van der Waals surface area contributed by atoms with Crippen molar-refractivity contribution in [2.45, 2.75) is 88.3 Å². The SMILES string of the molecule is COc1nc(O[C@H]2CCc3c(-c4cccc(-c5nc6cc7c(c(Cl)c6o5)CC[C@H]7N5CC[C@@H](C(=O)NS(=O)(=O)C6CC6)C5)c4C)cccc32)c(Cl)cc1CN1CC[C@@H](O)C1. The van der Waals surface area contributed by atoms with Crippen LogP contribution in [0.5, 0.6) is 11.8 Å². The second-order valence-electron chi connectivity index (χ2n) is 17.0. The summed E-state index contributed by atoms with van der Waals surface area (Å²) in [5.74, 6) is 0.518. The Morgan fingerprint density at radius 1 is 0.917 bits per heavy atom. The molecule has 5 aromatic rings. The van der Waals surface area contributed by atoms with Gasteiger partial charge in [-0.1, -0.05) is 53.5 Å². The zero-order chi connectivity index (χ0) is 41.4. The molecule has 0 unspecified atom stereocenters. The van der Waals surface area contributed by atoms with Gasteiger partial charge in [-0.15, -0.1) is 0 Å². The first kappa shape index (κ1) is 39.9. The van der Waals surface area contributed by atoms with Crippen LogP contribution in [0.3, 0.4) is 0 Å². The summed E-state index contributed by atoms with van der Waals surface area (Å²) in [4.78, 5) is 27.1. The van der Waals surface area contributed by atoms with Gasteiger partial charge in [-0.3, -0.25) is 19.3 Å². The molecular formula is C45H47Cl2N5O7S. The van der Waals surface area contributed by atoms with E-state index in [1.54, 1.807) is 7.11 Å². The zero-order valence-electron chi connectivity index (χ0n) is 33.5. The Labute approximate surface area is 359 Å². The van der Waals surface area contributed by atoms with Gasteiger partial charge in [0, 0.05) is 43.3 Å². The molecule has 3 fully saturated rings. The fraction of sp³-hybridized carbons (Fsp3) is 0.444. The molecule has 3 aliphatic carbocycles. The number of methoxy groups -OCH3 is 1. The van der Waals surface area contributed by atoms with Crippen LogP contribution in [0.2, 0.25) is 10.0 Å². The van der Waals surface area contributed by atoms with Crippen LogP contribution in [0.15, 0.2) is 52.9 Å². The van der Waals surface area contributed by atoms with Crippen molar-refractivity contribution in [2.75, 3.05) is 33.3 Å². The molecule has 2 N–H and O–H groups in total. The minimum atomic E-state index is -3.58. The van der Waals surface area contributed by atoms with Gasteiger partial charge in [0.15, 0.2) is 5.58 Å². The van der Waals surface area contributed by atoms with E-state index in [2.05, 4.69) is 51.8 Å². The molecule has 314 valence electrons. The van der Waals surface area contributed by atoms with E-state index in [9.17, 15) is 18.3 Å². The Morgan fingerprint density at radius 2 is 1.70 bits per heavy atom. The highest BCUT2D eigenvalue weighted by Gasteiger charge is 2.41. The summed E-state index contributed by atoms with van der Waals surface area (Å²) < 4.78 is 45.9. The number of likely N-dealkylation sites (tertiary alicyclic amines) is 2. The Kier molecular flexibility index (Phi) is 10.4. The van der Waals surface area contributed by atoms with E-state index in [1.807, 2.05) is 18.2 Å². The minimum Gasteiger partial charge on any atom is -0.481 e. The Balaban J connectivity index is 0.885. The number of nitrogens with zero attached hydrogens (tertiary/aromatic N) is 4. The van der Waals surface area contributed by atoms with Crippen LogP contribution in [0.1, 0.15) is 84.1 Å². The first-order chi connectivity index (χ1) is 28.9. The van der Waals surface area contributed by atoms with Gasteiger partial charge in [-0.25, -0.2) is 13.4 Å². The highest BCUT2D eigenvalue weighted by atomic mass is 35.5. The summed E-state index contributed by atoms with van der Waals surface area (Å²) in [6.45, 7) is 5.29. The molecule has 4 heterocycles. The third-order valence-corrected chi connectivity index (χ3v) is 15.7. The average molecular weight is 873 g/mol. The summed E-state index contributed by atoms with van der Waals surface area (Å²) in [6.07, 6.45) is 5.24. The second-order valence-corrected chi connectivity index (χ2v) is 19.7. The highest BCUT2D eigenvalue weighted by Crippen LogP contribution is 2.47. The number of carbonyl (C=O) groups is 1. The number of oxazole rings is 1. The third kappa shape index (κ3) is 7.24. The van der Waals surface area contributed by atoms with Crippen LogP contribution in [-0.4, -0.2) is 83.8 Å². The number of ether oxygens (including phenoxy) is 2. The van der Waals surface area contributed by atoms with Crippen molar-refractivity contribution in [2.24, 2.45) is 5.92 Å². The van der Waals surface area contributed by atoms with Crippen molar-refractivity contribution in [3.8, 4) is 34.3 Å². The first-order valence-electron chi connectivity index (χ1n) is 20.9. The van der Waals surface area contributed by atoms with Crippen molar-refractivity contribution in [3.63, 3.8) is 0 Å². The van der Waals surface area contributed by atoms with E-state index < -0.39 is 21.2 Å². The van der Waals surface area contributed by atoms with Gasteiger partial charge >= 0.3 is 0 Å². The van der Waals surface area contributed by atoms with Gasteiger partial charge in [0.2, 0.25) is 33.6 Å². The number of pyridine rings is 1. The lowest BCUT2D eigenvalue weighted by Crippen LogP contribution is -2.38. The monoisotopic (exact) mass is 871 g/mol. The van der Waals surface area contributed by atoms with Crippen molar-refractivity contribution in [1.82, 2.24) is 24.5 Å². The maximum Gasteiger partial charge on any atom is 0.237 e. The van der Waals surface area contributed by atoms with Gasteiger partial charge in [-0.05, 0) is 122 Å². The van der Waals surface area contributed by atoms with Crippen LogP contribution in [0.25, 0.3) is 33.7 Å². The molecule has 2 aromatic heterocycles. The van der Waals surface area contributed by atoms with Crippen molar-refractivity contribution >= 4 is 50.2 Å². The molecule has 0 bridgehead atoms. The fourth-order valence-corrected chi connectivity index (χ4v) is 11.8. The Hall–Kier alpha value is -4.24. The summed E-state index contributed by atoms with van der Waals surface area (Å²) in [5.41, 5.74) is 10.6. The number of amides is 1. The van der Waals surface area contributed by atoms with E-state index in [0.29, 0.717) is 84.2 Å². The van der Waals surface area contributed by atoms with Crippen molar-refractivity contribution < 1.29 is 32.2 Å². The highest BCUT2D eigenvalue weighted by molar-refractivity contribution is 7.90.